The molecule has 1 N–H and O–H groups in total. The molecule has 0 saturated carbocycles. The van der Waals surface area contributed by atoms with Crippen molar-refractivity contribution in [2.75, 3.05) is 14.2 Å². The maximum Gasteiger partial charge on any atom is 0.271 e. The summed E-state index contributed by atoms with van der Waals surface area (Å²) in [6.07, 6.45) is -0.682. The summed E-state index contributed by atoms with van der Waals surface area (Å²) in [5, 5.41) is 21.3. The predicted octanol–water partition coefficient (Wildman–Crippen LogP) is 4.91. The minimum Gasteiger partial charge on any atom is -0.494 e. The van der Waals surface area contributed by atoms with Crippen molar-refractivity contribution in [1.82, 2.24) is 4.57 Å². The van der Waals surface area contributed by atoms with E-state index in [4.69, 9.17) is 25.8 Å². The molecular weight excluding hydrogens is 496 g/mol. The first-order chi connectivity index (χ1) is 17.5. The molecule has 0 aliphatic rings. The molecule has 1 heterocycles. The standard InChI is InChI=1S/C28H29ClN2O6/c1-15-11-20(12-16(2)25(15)29)37-18(4)26(32)24-17(3)21(14-30)27(33)31(28(24)34)10-9-19-7-8-22(35-5)23(13-19)36-6/h7-8,11-13,18,34H,9-10H2,1-6H3. The molecular formula is C28H29ClN2O6. The van der Waals surface area contributed by atoms with E-state index in [2.05, 4.69) is 0 Å². The summed E-state index contributed by atoms with van der Waals surface area (Å²) in [6, 6.07) is 10.6. The first-order valence-corrected chi connectivity index (χ1v) is 12.0. The van der Waals surface area contributed by atoms with Gasteiger partial charge in [-0.25, -0.2) is 0 Å². The molecule has 1 unspecified atom stereocenters. The number of methoxy groups -OCH3 is 2. The number of aryl methyl sites for hydroxylation is 3. The second-order valence-electron chi connectivity index (χ2n) is 8.70. The average Bonchev–Trinajstić information content (AvgIpc) is 2.87. The molecule has 8 nitrogen and oxygen atoms in total. The molecule has 1 atom stereocenters. The fourth-order valence-corrected chi connectivity index (χ4v) is 4.27. The number of rotatable bonds is 9. The lowest BCUT2D eigenvalue weighted by Crippen LogP contribution is -2.31. The molecule has 0 radical (unpaired) electrons. The highest BCUT2D eigenvalue weighted by atomic mass is 35.5. The summed E-state index contributed by atoms with van der Waals surface area (Å²) < 4.78 is 17.5. The smallest absolute Gasteiger partial charge is 0.271 e. The topological polar surface area (TPSA) is 111 Å². The second kappa shape index (κ2) is 11.4. The van der Waals surface area contributed by atoms with Gasteiger partial charge in [-0.2, -0.15) is 5.26 Å². The van der Waals surface area contributed by atoms with Crippen LogP contribution in [0, 0.1) is 32.1 Å². The number of nitriles is 1. The Morgan fingerprint density at radius 1 is 1.11 bits per heavy atom. The fraction of sp³-hybridized carbons (Fsp3) is 0.321. The van der Waals surface area contributed by atoms with Gasteiger partial charge < -0.3 is 19.3 Å². The van der Waals surface area contributed by atoms with E-state index in [1.807, 2.05) is 19.9 Å². The first kappa shape index (κ1) is 27.6. The second-order valence-corrected chi connectivity index (χ2v) is 9.08. The number of aromatic nitrogens is 1. The molecule has 37 heavy (non-hydrogen) atoms. The van der Waals surface area contributed by atoms with Gasteiger partial charge in [0.2, 0.25) is 11.7 Å². The molecule has 1 aromatic heterocycles. The van der Waals surface area contributed by atoms with Gasteiger partial charge in [0.05, 0.1) is 19.8 Å². The van der Waals surface area contributed by atoms with Gasteiger partial charge in [0.1, 0.15) is 17.4 Å². The number of nitrogens with zero attached hydrogens (tertiary/aromatic N) is 2. The summed E-state index contributed by atoms with van der Waals surface area (Å²) in [6.45, 7) is 6.71. The third-order valence-electron chi connectivity index (χ3n) is 6.21. The minimum atomic E-state index is -1.01. The van der Waals surface area contributed by atoms with Gasteiger partial charge >= 0.3 is 0 Å². The number of ketones is 1. The van der Waals surface area contributed by atoms with Crippen LogP contribution in [0.25, 0.3) is 0 Å². The van der Waals surface area contributed by atoms with Crippen LogP contribution in [0.15, 0.2) is 35.1 Å². The maximum absolute atomic E-state index is 13.4. The van der Waals surface area contributed by atoms with Gasteiger partial charge in [0.25, 0.3) is 5.56 Å². The Balaban J connectivity index is 1.97. The fourth-order valence-electron chi connectivity index (χ4n) is 4.17. The Morgan fingerprint density at radius 3 is 2.30 bits per heavy atom. The Hall–Kier alpha value is -3.96. The number of halogens is 1. The normalized spacial score (nSPS) is 11.5. The zero-order chi connectivity index (χ0) is 27.4. The number of hydrogen-bond acceptors (Lipinski definition) is 7. The van der Waals surface area contributed by atoms with E-state index >= 15 is 0 Å². The number of aromatic hydroxyl groups is 1. The summed E-state index contributed by atoms with van der Waals surface area (Å²) in [5.41, 5.74) is 1.50. The van der Waals surface area contributed by atoms with Crippen molar-refractivity contribution in [3.05, 3.63) is 79.1 Å². The van der Waals surface area contributed by atoms with Gasteiger partial charge in [-0.3, -0.25) is 14.2 Å². The molecule has 3 rings (SSSR count). The summed E-state index contributed by atoms with van der Waals surface area (Å²) >= 11 is 6.23. The van der Waals surface area contributed by atoms with Crippen LogP contribution in [-0.2, 0) is 13.0 Å². The average molecular weight is 525 g/mol. The largest absolute Gasteiger partial charge is 0.494 e. The Morgan fingerprint density at radius 2 is 1.73 bits per heavy atom. The van der Waals surface area contributed by atoms with Crippen LogP contribution >= 0.6 is 11.6 Å². The Bertz CT molecular complexity index is 1430. The van der Waals surface area contributed by atoms with Crippen LogP contribution in [0.4, 0.5) is 0 Å². The highest BCUT2D eigenvalue weighted by molar-refractivity contribution is 6.32. The highest BCUT2D eigenvalue weighted by Crippen LogP contribution is 2.30. The van der Waals surface area contributed by atoms with E-state index in [9.17, 15) is 20.0 Å². The van der Waals surface area contributed by atoms with Gasteiger partial charge in [-0.1, -0.05) is 17.7 Å². The van der Waals surface area contributed by atoms with Crippen molar-refractivity contribution in [1.29, 1.82) is 5.26 Å². The molecule has 0 bridgehead atoms. The van der Waals surface area contributed by atoms with Gasteiger partial charge in [0.15, 0.2) is 17.6 Å². The van der Waals surface area contributed by atoms with Crippen LogP contribution < -0.4 is 19.8 Å². The lowest BCUT2D eigenvalue weighted by molar-refractivity contribution is 0.0812. The van der Waals surface area contributed by atoms with Crippen LogP contribution in [0.2, 0.25) is 5.02 Å². The van der Waals surface area contributed by atoms with Crippen molar-refractivity contribution >= 4 is 17.4 Å². The molecule has 0 saturated heterocycles. The molecule has 3 aromatic rings. The molecule has 2 aromatic carbocycles. The molecule has 0 spiro atoms. The van der Waals surface area contributed by atoms with Crippen LogP contribution in [0.3, 0.4) is 0 Å². The maximum atomic E-state index is 13.4. The third-order valence-corrected chi connectivity index (χ3v) is 6.81. The predicted molar refractivity (Wildman–Crippen MR) is 140 cm³/mol. The number of benzene rings is 2. The van der Waals surface area contributed by atoms with Crippen molar-refractivity contribution in [2.24, 2.45) is 0 Å². The van der Waals surface area contributed by atoms with Crippen molar-refractivity contribution in [2.45, 2.75) is 46.8 Å². The minimum absolute atomic E-state index is 0.0280. The van der Waals surface area contributed by atoms with E-state index in [1.54, 1.807) is 37.3 Å². The number of Topliss-reactive ketones (excluding diaryl/α,β-unsaturated/α-hetero) is 1. The van der Waals surface area contributed by atoms with Crippen LogP contribution in [-0.4, -0.2) is 35.8 Å². The van der Waals surface area contributed by atoms with Crippen molar-refractivity contribution < 1.29 is 24.1 Å². The molecule has 0 aliphatic heterocycles. The molecule has 0 aliphatic carbocycles. The Kier molecular flexibility index (Phi) is 8.51. The number of carbonyl (C=O) groups excluding carboxylic acids is 1. The number of carbonyl (C=O) groups is 1. The zero-order valence-corrected chi connectivity index (χ0v) is 22.4. The van der Waals surface area contributed by atoms with E-state index in [-0.39, 0.29) is 23.2 Å². The molecule has 194 valence electrons. The summed E-state index contributed by atoms with van der Waals surface area (Å²) in [7, 11) is 3.05. The van der Waals surface area contributed by atoms with Gasteiger partial charge in [0, 0.05) is 11.6 Å². The summed E-state index contributed by atoms with van der Waals surface area (Å²) in [5.74, 6) is 0.455. The van der Waals surface area contributed by atoms with E-state index < -0.39 is 23.3 Å². The first-order valence-electron chi connectivity index (χ1n) is 11.6. The lowest BCUT2D eigenvalue weighted by atomic mass is 9.99. The van der Waals surface area contributed by atoms with E-state index in [1.165, 1.54) is 21.1 Å². The van der Waals surface area contributed by atoms with Crippen molar-refractivity contribution in [3.63, 3.8) is 0 Å². The SMILES string of the molecule is COc1ccc(CCn2c(O)c(C(=O)C(C)Oc3cc(C)c(Cl)c(C)c3)c(C)c(C#N)c2=O)cc1OC. The number of pyridine rings is 1. The number of hydrogen-bond donors (Lipinski definition) is 1. The van der Waals surface area contributed by atoms with Crippen molar-refractivity contribution in [3.8, 4) is 29.2 Å². The van der Waals surface area contributed by atoms with E-state index in [0.717, 1.165) is 21.3 Å². The zero-order valence-electron chi connectivity index (χ0n) is 21.6. The molecule has 9 heteroatoms. The van der Waals surface area contributed by atoms with E-state index in [0.29, 0.717) is 28.7 Å². The van der Waals surface area contributed by atoms with Crippen LogP contribution in [0.5, 0.6) is 23.1 Å². The highest BCUT2D eigenvalue weighted by Gasteiger charge is 2.28. The molecule has 0 amide bonds. The Labute approximate surface area is 220 Å². The molecule has 0 fully saturated rings. The quantitative estimate of drug-likeness (QED) is 0.396. The van der Waals surface area contributed by atoms with Crippen LogP contribution in [0.1, 0.15) is 45.1 Å². The lowest BCUT2D eigenvalue weighted by Gasteiger charge is -2.19. The monoisotopic (exact) mass is 524 g/mol. The van der Waals surface area contributed by atoms with Gasteiger partial charge in [-0.15, -0.1) is 0 Å². The number of ether oxygens (including phenoxy) is 3. The third kappa shape index (κ3) is 5.57. The van der Waals surface area contributed by atoms with Gasteiger partial charge in [-0.05, 0) is 80.6 Å². The summed E-state index contributed by atoms with van der Waals surface area (Å²) in [4.78, 5) is 26.4.